The number of hydrogen-bond donors (Lipinski definition) is 10. The number of hydrazone groups is 1. The van der Waals surface area contributed by atoms with Crippen LogP contribution in [0.25, 0.3) is 11.8 Å². The highest BCUT2D eigenvalue weighted by molar-refractivity contribution is 8.19. The first-order valence-corrected chi connectivity index (χ1v) is 22.0. The molecule has 2 aromatic carbocycles. The van der Waals surface area contributed by atoms with Crippen LogP contribution >= 0.6 is 21.7 Å². The maximum Gasteiger partial charge on any atom is 0.296 e. The van der Waals surface area contributed by atoms with E-state index in [4.69, 9.17) is 4.74 Å². The second-order valence-corrected chi connectivity index (χ2v) is 17.8. The molecule has 3 amide bonds. The molecule has 0 bridgehead atoms. The number of allylic oxidation sites excluding steroid dienone is 3. The van der Waals surface area contributed by atoms with Crippen LogP contribution in [-0.2, 0) is 34.6 Å². The summed E-state index contributed by atoms with van der Waals surface area (Å²) in [6, 6.07) is 4.22. The topological polar surface area (TPSA) is 372 Å². The molecule has 318 valence electrons. The Bertz CT molecular complexity index is 2620. The number of likely N-dealkylation sites (tertiary alicyclic amines) is 1. The van der Waals surface area contributed by atoms with Gasteiger partial charge in [-0.1, -0.05) is 0 Å². The Morgan fingerprint density at radius 3 is 1.98 bits per heavy atom. The van der Waals surface area contributed by atoms with Crippen LogP contribution in [0.15, 0.2) is 95.6 Å². The number of carbonyl (C=O) groups excluding carboxylic acids is 3. The SMILES string of the molecule is CN=COC1=NN(c2cc(S(O)(O)O)ccc2S(=O)(=O)O)C(=O)C1=CC=C(C=Cc1c(C(=O)NC)nn(-c2cc(S(O)(O)O)ccc2S(=O)(=O)O)c1O)N1CCCC1=O. The molecule has 0 radical (unpaired) electrons. The van der Waals surface area contributed by atoms with Gasteiger partial charge >= 0.3 is 0 Å². The van der Waals surface area contributed by atoms with Gasteiger partial charge in [-0.15, -0.1) is 5.10 Å². The van der Waals surface area contributed by atoms with E-state index in [1.165, 1.54) is 31.1 Å². The van der Waals surface area contributed by atoms with E-state index >= 15 is 0 Å². The van der Waals surface area contributed by atoms with Crippen LogP contribution in [0.5, 0.6) is 5.88 Å². The van der Waals surface area contributed by atoms with E-state index in [9.17, 15) is 72.7 Å². The number of carbonyl (C=O) groups is 3. The Kier molecular flexibility index (Phi) is 12.6. The lowest BCUT2D eigenvalue weighted by molar-refractivity contribution is -0.125. The molecule has 3 aromatic rings. The van der Waals surface area contributed by atoms with Crippen molar-refractivity contribution >= 4 is 83.8 Å². The van der Waals surface area contributed by atoms with Gasteiger partial charge in [-0.05, 0) is 67.1 Å². The standard InChI is InChI=1S/C31H33N7O17S4/c1-32-16-55-29-21(31(42)38(35-29)23-15-19(57(46,47)48)8-12-25(23)59(52,53)54)10-6-17(36-13-3-4-26(36)39)5-9-20-27(28(40)33-2)34-37(30(20)41)22-14-18(56(43,44)45)7-11-24(22)58(49,50)51/h5-12,14-16,41,43-48H,3-4,13H2,1-2H3,(H,33,40)(H,49,50,51)(H,52,53,54). The van der Waals surface area contributed by atoms with Gasteiger partial charge in [-0.3, -0.25) is 28.5 Å². The lowest BCUT2D eigenvalue weighted by Gasteiger charge is -2.22. The van der Waals surface area contributed by atoms with Crippen molar-refractivity contribution in [3.8, 4) is 11.6 Å². The van der Waals surface area contributed by atoms with Gasteiger partial charge in [0.05, 0.1) is 26.7 Å². The molecule has 10 N–H and O–H groups in total. The minimum atomic E-state index is -5.12. The van der Waals surface area contributed by atoms with Crippen molar-refractivity contribution in [2.45, 2.75) is 32.4 Å². The molecule has 1 fully saturated rings. The molecule has 28 heteroatoms. The number of ether oxygens (including phenoxy) is 1. The lowest BCUT2D eigenvalue weighted by Crippen LogP contribution is -2.24. The Balaban J connectivity index is 1.68. The lowest BCUT2D eigenvalue weighted by atomic mass is 10.1. The van der Waals surface area contributed by atoms with Crippen LogP contribution in [0.4, 0.5) is 5.69 Å². The quantitative estimate of drug-likeness (QED) is 0.0410. The number of hydrogen-bond acceptors (Lipinski definition) is 18. The fourth-order valence-electron chi connectivity index (χ4n) is 5.52. The van der Waals surface area contributed by atoms with Crippen molar-refractivity contribution in [1.29, 1.82) is 0 Å². The van der Waals surface area contributed by atoms with Crippen LogP contribution in [0.1, 0.15) is 28.9 Å². The van der Waals surface area contributed by atoms with E-state index in [-0.39, 0.29) is 18.7 Å². The van der Waals surface area contributed by atoms with Gasteiger partial charge in [0, 0.05) is 32.8 Å². The third-order valence-electron chi connectivity index (χ3n) is 8.18. The Morgan fingerprint density at radius 2 is 1.47 bits per heavy atom. The predicted octanol–water partition coefficient (Wildman–Crippen LogP) is 3.08. The normalized spacial score (nSPS) is 17.2. The molecule has 5 rings (SSSR count). The van der Waals surface area contributed by atoms with Crippen LogP contribution < -0.4 is 10.3 Å². The highest BCUT2D eigenvalue weighted by Crippen LogP contribution is 2.47. The average molecular weight is 904 g/mol. The molecule has 0 spiro atoms. The number of anilines is 1. The predicted molar refractivity (Wildman–Crippen MR) is 209 cm³/mol. The summed E-state index contributed by atoms with van der Waals surface area (Å²) in [7, 11) is -16.7. The zero-order valence-electron chi connectivity index (χ0n) is 30.1. The number of aromatic hydroxyl groups is 1. The first kappa shape index (κ1) is 44.6. The smallest absolute Gasteiger partial charge is 0.296 e. The van der Waals surface area contributed by atoms with Crippen molar-refractivity contribution < 1.29 is 77.5 Å². The van der Waals surface area contributed by atoms with Crippen LogP contribution in [-0.4, -0.2) is 124 Å². The first-order valence-electron chi connectivity index (χ1n) is 16.1. The summed E-state index contributed by atoms with van der Waals surface area (Å²) in [5.74, 6) is -4.04. The zero-order valence-corrected chi connectivity index (χ0v) is 33.3. The number of benzene rings is 2. The molecule has 0 unspecified atom stereocenters. The van der Waals surface area contributed by atoms with E-state index < -0.39 is 119 Å². The second-order valence-electron chi connectivity index (χ2n) is 12.0. The minimum absolute atomic E-state index is 0.0329. The molecule has 0 saturated carbocycles. The summed E-state index contributed by atoms with van der Waals surface area (Å²) >= 11 is 0. The Morgan fingerprint density at radius 1 is 0.898 bits per heavy atom. The molecule has 24 nitrogen and oxygen atoms in total. The van der Waals surface area contributed by atoms with Crippen LogP contribution in [0, 0.1) is 0 Å². The first-order chi connectivity index (χ1) is 27.4. The van der Waals surface area contributed by atoms with Crippen molar-refractivity contribution in [3.63, 3.8) is 0 Å². The van der Waals surface area contributed by atoms with Crippen LogP contribution in [0.2, 0.25) is 0 Å². The summed E-state index contributed by atoms with van der Waals surface area (Å²) in [5, 5.41) is 21.9. The number of nitrogens with zero attached hydrogens (tertiary/aromatic N) is 6. The fourth-order valence-corrected chi connectivity index (χ4v) is 7.86. The molecular formula is C31H33N7O17S4. The molecule has 3 heterocycles. The minimum Gasteiger partial charge on any atom is -0.493 e. The Labute approximate surface area is 337 Å². The van der Waals surface area contributed by atoms with E-state index in [2.05, 4.69) is 20.5 Å². The van der Waals surface area contributed by atoms with E-state index in [0.29, 0.717) is 40.4 Å². The monoisotopic (exact) mass is 903 g/mol. The largest absolute Gasteiger partial charge is 0.493 e. The van der Waals surface area contributed by atoms with Gasteiger partial charge in [-0.2, -0.15) is 31.6 Å². The highest BCUT2D eigenvalue weighted by atomic mass is 32.3. The van der Waals surface area contributed by atoms with Gasteiger partial charge in [0.2, 0.25) is 11.8 Å². The van der Waals surface area contributed by atoms with Crippen LogP contribution in [0.3, 0.4) is 0 Å². The maximum atomic E-state index is 13.9. The van der Waals surface area contributed by atoms with Crippen molar-refractivity contribution in [2.24, 2.45) is 10.1 Å². The maximum absolute atomic E-state index is 13.9. The number of rotatable bonds is 12. The number of aromatic nitrogens is 2. The molecule has 1 saturated heterocycles. The second kappa shape index (κ2) is 16.6. The van der Waals surface area contributed by atoms with Gasteiger partial charge in [0.1, 0.15) is 37.1 Å². The van der Waals surface area contributed by atoms with E-state index in [0.717, 1.165) is 30.7 Å². The zero-order chi connectivity index (χ0) is 43.8. The fraction of sp³-hybridized carbons (Fsp3) is 0.161. The summed E-state index contributed by atoms with van der Waals surface area (Å²) in [6.45, 7) is 0.113. The summed E-state index contributed by atoms with van der Waals surface area (Å²) < 4.78 is 133. The molecule has 1 aromatic heterocycles. The van der Waals surface area contributed by atoms with Gasteiger partial charge in [-0.25, -0.2) is 0 Å². The third-order valence-corrected chi connectivity index (χ3v) is 11.8. The molecule has 0 atom stereocenters. The summed E-state index contributed by atoms with van der Waals surface area (Å²) in [4.78, 5) is 41.5. The number of nitrogens with one attached hydrogen (secondary N) is 1. The van der Waals surface area contributed by atoms with E-state index in [1.54, 1.807) is 0 Å². The Hall–Kier alpha value is -5.50. The number of aliphatic imine (C=N–C) groups is 1. The average Bonchev–Trinajstić information content (AvgIpc) is 3.82. The van der Waals surface area contributed by atoms with Crippen molar-refractivity contribution in [2.75, 3.05) is 25.6 Å². The molecule has 2 aliphatic rings. The summed E-state index contributed by atoms with van der Waals surface area (Å²) in [6.07, 6.45) is 5.75. The summed E-state index contributed by atoms with van der Waals surface area (Å²) in [5.41, 5.74) is -2.98. The molecule has 0 aliphatic carbocycles. The third kappa shape index (κ3) is 9.53. The van der Waals surface area contributed by atoms with Crippen molar-refractivity contribution in [3.05, 3.63) is 77.2 Å². The van der Waals surface area contributed by atoms with Gasteiger partial charge in [0.15, 0.2) is 12.1 Å². The van der Waals surface area contributed by atoms with Gasteiger partial charge < -0.3 is 47.4 Å². The molecule has 59 heavy (non-hydrogen) atoms. The van der Waals surface area contributed by atoms with Gasteiger partial charge in [0.25, 0.3) is 37.9 Å². The molecule has 2 aliphatic heterocycles. The molecular weight excluding hydrogens is 871 g/mol. The van der Waals surface area contributed by atoms with Crippen molar-refractivity contribution in [1.82, 2.24) is 20.0 Å². The van der Waals surface area contributed by atoms with E-state index in [1.807, 2.05) is 0 Å². The number of amides is 3. The highest BCUT2D eigenvalue weighted by Gasteiger charge is 2.37.